The van der Waals surface area contributed by atoms with Crippen molar-refractivity contribution in [3.63, 3.8) is 0 Å². The summed E-state index contributed by atoms with van der Waals surface area (Å²) in [6.45, 7) is 0. The number of nitro benzene ring substituents is 1. The number of nitrogens with zero attached hydrogens (tertiary/aromatic N) is 1. The number of furan rings is 1. The summed E-state index contributed by atoms with van der Waals surface area (Å²) >= 11 is 6.12. The fourth-order valence-corrected chi connectivity index (χ4v) is 3.38. The smallest absolute Gasteiger partial charge is 0.270 e. The summed E-state index contributed by atoms with van der Waals surface area (Å²) in [6, 6.07) is 22.1. The molecule has 6 nitrogen and oxygen atoms in total. The molecule has 144 valence electrons. The lowest BCUT2D eigenvalue weighted by atomic mass is 10.0. The van der Waals surface area contributed by atoms with Crippen LogP contribution in [0, 0.1) is 10.1 Å². The number of non-ortho nitro benzene ring substituents is 1. The van der Waals surface area contributed by atoms with Gasteiger partial charge in [0.15, 0.2) is 0 Å². The normalized spacial score (nSPS) is 11.9. The van der Waals surface area contributed by atoms with Gasteiger partial charge in [-0.05, 0) is 23.8 Å². The van der Waals surface area contributed by atoms with E-state index in [9.17, 15) is 14.9 Å². The van der Waals surface area contributed by atoms with Crippen molar-refractivity contribution in [2.45, 2.75) is 6.04 Å². The molecule has 0 aliphatic heterocycles. The Kier molecular flexibility index (Phi) is 5.01. The summed E-state index contributed by atoms with van der Waals surface area (Å²) in [4.78, 5) is 23.3. The monoisotopic (exact) mass is 406 g/mol. The molecule has 0 saturated carbocycles. The largest absolute Gasteiger partial charge is 0.459 e. The molecule has 1 amide bonds. The Morgan fingerprint density at radius 2 is 1.72 bits per heavy atom. The lowest BCUT2D eigenvalue weighted by Crippen LogP contribution is -2.29. The second-order valence-electron chi connectivity index (χ2n) is 6.43. The fraction of sp³-hybridized carbons (Fsp3) is 0.0455. The summed E-state index contributed by atoms with van der Waals surface area (Å²) in [5.74, 6) is 0.114. The fourth-order valence-electron chi connectivity index (χ4n) is 3.12. The number of rotatable bonds is 5. The SMILES string of the molecule is O=C(NC(c1ccccc1)c1cc2ccccc2o1)c1ccc([N+](=O)[O-])cc1Cl. The molecule has 0 bridgehead atoms. The lowest BCUT2D eigenvalue weighted by molar-refractivity contribution is -0.384. The zero-order valence-electron chi connectivity index (χ0n) is 15.0. The van der Waals surface area contributed by atoms with Gasteiger partial charge in [0.1, 0.15) is 17.4 Å². The van der Waals surface area contributed by atoms with Crippen LogP contribution in [0.25, 0.3) is 11.0 Å². The van der Waals surface area contributed by atoms with Gasteiger partial charge in [0.2, 0.25) is 0 Å². The number of fused-ring (bicyclic) bond motifs is 1. The highest BCUT2D eigenvalue weighted by Crippen LogP contribution is 2.29. The summed E-state index contributed by atoms with van der Waals surface area (Å²) in [5.41, 5.74) is 1.52. The third kappa shape index (κ3) is 3.83. The Morgan fingerprint density at radius 3 is 2.41 bits per heavy atom. The number of hydrogen-bond donors (Lipinski definition) is 1. The van der Waals surface area contributed by atoms with Crippen LogP contribution in [0.5, 0.6) is 0 Å². The number of carbonyl (C=O) groups is 1. The van der Waals surface area contributed by atoms with Gasteiger partial charge in [-0.15, -0.1) is 0 Å². The lowest BCUT2D eigenvalue weighted by Gasteiger charge is -2.17. The van der Waals surface area contributed by atoms with Crippen LogP contribution in [-0.2, 0) is 0 Å². The van der Waals surface area contributed by atoms with Gasteiger partial charge in [-0.2, -0.15) is 0 Å². The second kappa shape index (κ2) is 7.77. The Hall–Kier alpha value is -3.64. The summed E-state index contributed by atoms with van der Waals surface area (Å²) in [5, 5.41) is 14.8. The second-order valence-corrected chi connectivity index (χ2v) is 6.83. The Labute approximate surface area is 170 Å². The molecule has 0 fully saturated rings. The van der Waals surface area contributed by atoms with Crippen molar-refractivity contribution in [2.24, 2.45) is 0 Å². The van der Waals surface area contributed by atoms with Crippen LogP contribution < -0.4 is 5.32 Å². The highest BCUT2D eigenvalue weighted by Gasteiger charge is 2.23. The summed E-state index contributed by atoms with van der Waals surface area (Å²) < 4.78 is 5.97. The third-order valence-electron chi connectivity index (χ3n) is 4.55. The van der Waals surface area contributed by atoms with Crippen LogP contribution in [-0.4, -0.2) is 10.8 Å². The maximum atomic E-state index is 12.9. The van der Waals surface area contributed by atoms with Gasteiger partial charge in [0.25, 0.3) is 11.6 Å². The van der Waals surface area contributed by atoms with Gasteiger partial charge < -0.3 is 9.73 Å². The predicted octanol–water partition coefficient (Wildman–Crippen LogP) is 5.51. The number of para-hydroxylation sites is 1. The van der Waals surface area contributed by atoms with Gasteiger partial charge in [-0.3, -0.25) is 14.9 Å². The zero-order valence-corrected chi connectivity index (χ0v) is 15.8. The van der Waals surface area contributed by atoms with Crippen LogP contribution in [0.3, 0.4) is 0 Å². The first-order chi connectivity index (χ1) is 14.0. The van der Waals surface area contributed by atoms with Gasteiger partial charge in [0, 0.05) is 17.5 Å². The molecule has 1 unspecified atom stereocenters. The van der Waals surface area contributed by atoms with Gasteiger partial charge >= 0.3 is 0 Å². The maximum Gasteiger partial charge on any atom is 0.270 e. The average molecular weight is 407 g/mol. The molecular formula is C22H15ClN2O4. The molecular weight excluding hydrogens is 392 g/mol. The van der Waals surface area contributed by atoms with E-state index in [1.54, 1.807) is 0 Å². The number of carbonyl (C=O) groups excluding carboxylic acids is 1. The first-order valence-corrected chi connectivity index (χ1v) is 9.19. The van der Waals surface area contributed by atoms with E-state index in [1.807, 2.05) is 60.7 Å². The molecule has 1 heterocycles. The average Bonchev–Trinajstić information content (AvgIpc) is 3.16. The number of nitro groups is 1. The molecule has 0 aliphatic rings. The first kappa shape index (κ1) is 18.7. The van der Waals surface area contributed by atoms with E-state index in [1.165, 1.54) is 12.1 Å². The first-order valence-electron chi connectivity index (χ1n) is 8.81. The highest BCUT2D eigenvalue weighted by atomic mass is 35.5. The minimum atomic E-state index is -0.561. The molecule has 0 radical (unpaired) electrons. The summed E-state index contributed by atoms with van der Waals surface area (Å²) in [7, 11) is 0. The summed E-state index contributed by atoms with van der Waals surface area (Å²) in [6.07, 6.45) is 0. The van der Waals surface area contributed by atoms with E-state index in [-0.39, 0.29) is 16.3 Å². The van der Waals surface area contributed by atoms with Crippen molar-refractivity contribution in [1.82, 2.24) is 5.32 Å². The predicted molar refractivity (Wildman–Crippen MR) is 110 cm³/mol. The van der Waals surface area contributed by atoms with Gasteiger partial charge in [-0.25, -0.2) is 0 Å². The topological polar surface area (TPSA) is 85.4 Å². The molecule has 4 aromatic rings. The standard InChI is InChI=1S/C22H15ClN2O4/c23-18-13-16(25(27)28)10-11-17(18)22(26)24-21(14-6-2-1-3-7-14)20-12-15-8-4-5-9-19(15)29-20/h1-13,21H,(H,24,26). The number of hydrogen-bond acceptors (Lipinski definition) is 4. The van der Waals surface area contributed by atoms with E-state index >= 15 is 0 Å². The highest BCUT2D eigenvalue weighted by molar-refractivity contribution is 6.34. The van der Waals surface area contributed by atoms with Crippen molar-refractivity contribution in [3.8, 4) is 0 Å². The van der Waals surface area contributed by atoms with E-state index in [2.05, 4.69) is 5.32 Å². The van der Waals surface area contributed by atoms with Crippen LogP contribution in [0.4, 0.5) is 5.69 Å². The number of amides is 1. The van der Waals surface area contributed by atoms with E-state index in [0.717, 1.165) is 17.0 Å². The molecule has 1 N–H and O–H groups in total. The number of benzene rings is 3. The van der Waals surface area contributed by atoms with Crippen molar-refractivity contribution in [1.29, 1.82) is 0 Å². The quantitative estimate of drug-likeness (QED) is 0.349. The minimum Gasteiger partial charge on any atom is -0.459 e. The molecule has 4 rings (SSSR count). The molecule has 3 aromatic carbocycles. The van der Waals surface area contributed by atoms with Crippen LogP contribution in [0.2, 0.25) is 5.02 Å². The molecule has 1 aromatic heterocycles. The number of halogens is 1. The molecule has 1 atom stereocenters. The molecule has 0 saturated heterocycles. The van der Waals surface area contributed by atoms with E-state index < -0.39 is 16.9 Å². The van der Waals surface area contributed by atoms with E-state index in [0.29, 0.717) is 11.3 Å². The number of nitrogens with one attached hydrogen (secondary N) is 1. The van der Waals surface area contributed by atoms with Crippen molar-refractivity contribution < 1.29 is 14.1 Å². The third-order valence-corrected chi connectivity index (χ3v) is 4.86. The Balaban J connectivity index is 1.71. The van der Waals surface area contributed by atoms with Crippen LogP contribution in [0.15, 0.2) is 83.3 Å². The van der Waals surface area contributed by atoms with Crippen molar-refractivity contribution in [2.75, 3.05) is 0 Å². The Bertz CT molecular complexity index is 1170. The Morgan fingerprint density at radius 1 is 1.00 bits per heavy atom. The van der Waals surface area contributed by atoms with Gasteiger partial charge in [-0.1, -0.05) is 60.1 Å². The molecule has 29 heavy (non-hydrogen) atoms. The minimum absolute atomic E-state index is 0.00752. The van der Waals surface area contributed by atoms with Crippen molar-refractivity contribution in [3.05, 3.63) is 111 Å². The van der Waals surface area contributed by atoms with Crippen molar-refractivity contribution >= 4 is 34.2 Å². The zero-order chi connectivity index (χ0) is 20.4. The molecule has 0 aliphatic carbocycles. The maximum absolute atomic E-state index is 12.9. The molecule has 0 spiro atoms. The molecule has 7 heteroatoms. The van der Waals surface area contributed by atoms with Crippen LogP contribution >= 0.6 is 11.6 Å². The van der Waals surface area contributed by atoms with E-state index in [4.69, 9.17) is 16.0 Å². The van der Waals surface area contributed by atoms with Gasteiger partial charge in [0.05, 0.1) is 15.5 Å². The van der Waals surface area contributed by atoms with Crippen LogP contribution in [0.1, 0.15) is 27.7 Å².